The van der Waals surface area contributed by atoms with Gasteiger partial charge in [-0.05, 0) is 36.8 Å². The third-order valence-corrected chi connectivity index (χ3v) is 7.92. The molecule has 2 aliphatic heterocycles. The van der Waals surface area contributed by atoms with Gasteiger partial charge in [-0.25, -0.2) is 0 Å². The minimum atomic E-state index is -0.336. The van der Waals surface area contributed by atoms with Crippen molar-refractivity contribution in [2.24, 2.45) is 24.6 Å². The zero-order valence-electron chi connectivity index (χ0n) is 20.3. The number of aromatic nitrogens is 2. The molecule has 6 rings (SSSR count). The van der Waals surface area contributed by atoms with Crippen molar-refractivity contribution in [3.8, 4) is 0 Å². The highest BCUT2D eigenvalue weighted by Gasteiger charge is 2.38. The highest BCUT2D eigenvalue weighted by atomic mass is 16.2. The number of aryl methyl sites for hydroxylation is 2. The lowest BCUT2D eigenvalue weighted by Crippen LogP contribution is -2.39. The third kappa shape index (κ3) is 3.20. The number of rotatable bonds is 4. The lowest BCUT2D eigenvalue weighted by molar-refractivity contribution is -0.122. The molecular formula is C29H30N4O2. The molecule has 0 aliphatic carbocycles. The topological polar surface area (TPSA) is 82.0 Å². The highest BCUT2D eigenvalue weighted by molar-refractivity contribution is 6.51. The number of fused-ring (bicyclic) bond motifs is 4. The first kappa shape index (κ1) is 21.9. The van der Waals surface area contributed by atoms with Crippen LogP contribution in [0, 0.1) is 11.8 Å². The van der Waals surface area contributed by atoms with Crippen LogP contribution < -0.4 is 11.1 Å². The molecule has 0 bridgehead atoms. The number of amides is 2. The van der Waals surface area contributed by atoms with E-state index in [-0.39, 0.29) is 17.9 Å². The predicted octanol–water partition coefficient (Wildman–Crippen LogP) is 4.25. The van der Waals surface area contributed by atoms with E-state index < -0.39 is 0 Å². The molecule has 2 aliphatic rings. The van der Waals surface area contributed by atoms with Gasteiger partial charge in [-0.15, -0.1) is 0 Å². The first-order chi connectivity index (χ1) is 16.9. The molecule has 35 heavy (non-hydrogen) atoms. The van der Waals surface area contributed by atoms with Crippen LogP contribution >= 0.6 is 0 Å². The molecule has 6 nitrogen and oxygen atoms in total. The van der Waals surface area contributed by atoms with Crippen molar-refractivity contribution < 1.29 is 9.59 Å². The van der Waals surface area contributed by atoms with Gasteiger partial charge in [0.1, 0.15) is 0 Å². The lowest BCUT2D eigenvalue weighted by atomic mass is 9.82. The van der Waals surface area contributed by atoms with Gasteiger partial charge in [0, 0.05) is 64.5 Å². The number of benzene rings is 2. The summed E-state index contributed by atoms with van der Waals surface area (Å²) >= 11 is 0. The van der Waals surface area contributed by atoms with Crippen molar-refractivity contribution in [2.75, 3.05) is 0 Å². The predicted molar refractivity (Wildman–Crippen MR) is 139 cm³/mol. The van der Waals surface area contributed by atoms with E-state index in [0.29, 0.717) is 23.0 Å². The largest absolute Gasteiger partial charge is 0.350 e. The quantitative estimate of drug-likeness (QED) is 0.441. The molecule has 3 N–H and O–H groups in total. The first-order valence-electron chi connectivity index (χ1n) is 12.4. The molecule has 0 unspecified atom stereocenters. The van der Waals surface area contributed by atoms with Crippen LogP contribution in [0.25, 0.3) is 33.0 Å². The second-order valence-corrected chi connectivity index (χ2v) is 10.3. The molecule has 4 aromatic rings. The average Bonchev–Trinajstić information content (AvgIpc) is 3.46. The number of para-hydroxylation sites is 2. The maximum Gasteiger partial charge on any atom is 0.259 e. The zero-order valence-corrected chi connectivity index (χ0v) is 20.3. The van der Waals surface area contributed by atoms with Crippen molar-refractivity contribution >= 4 is 44.8 Å². The fraction of sp³-hybridized carbons (Fsp3) is 0.310. The van der Waals surface area contributed by atoms with Crippen LogP contribution in [0.15, 0.2) is 54.7 Å². The number of carbonyl (C=O) groups excluding carboxylic acids is 2. The minimum absolute atomic E-state index is 0.0835. The summed E-state index contributed by atoms with van der Waals surface area (Å²) in [5.41, 5.74) is 12.5. The molecule has 6 heteroatoms. The van der Waals surface area contributed by atoms with Crippen LogP contribution in [-0.4, -0.2) is 27.0 Å². The molecule has 0 radical (unpaired) electrons. The fourth-order valence-electron chi connectivity index (χ4n) is 6.11. The standard InChI is InChI=1S/C29H30N4O2/c1-16(2)27(30)17-12-13-33-22-11-7-5-9-19(22)24(23(33)14-17)26-25(28(34)31-29(26)35)20-15-32(3)21-10-6-4-8-18(20)21/h4-11,15-17,27H,12-14,30H2,1-3H3,(H,31,34,35)/t17-,27+/m0/s1. The molecule has 2 atom stereocenters. The van der Waals surface area contributed by atoms with Crippen molar-refractivity contribution in [1.82, 2.24) is 14.5 Å². The summed E-state index contributed by atoms with van der Waals surface area (Å²) < 4.78 is 4.34. The van der Waals surface area contributed by atoms with Gasteiger partial charge < -0.3 is 14.9 Å². The van der Waals surface area contributed by atoms with E-state index >= 15 is 0 Å². The Morgan fingerprint density at radius 3 is 2.34 bits per heavy atom. The Balaban J connectivity index is 1.65. The maximum atomic E-state index is 13.4. The van der Waals surface area contributed by atoms with Gasteiger partial charge in [-0.3, -0.25) is 14.9 Å². The molecule has 2 aromatic heterocycles. The third-order valence-electron chi connectivity index (χ3n) is 7.92. The van der Waals surface area contributed by atoms with Crippen molar-refractivity contribution in [3.63, 3.8) is 0 Å². The molecule has 2 aromatic carbocycles. The molecule has 178 valence electrons. The van der Waals surface area contributed by atoms with E-state index in [1.165, 1.54) is 0 Å². The highest BCUT2D eigenvalue weighted by Crippen LogP contribution is 2.43. The van der Waals surface area contributed by atoms with Gasteiger partial charge in [-0.1, -0.05) is 50.2 Å². The van der Waals surface area contributed by atoms with Crippen LogP contribution in [0.5, 0.6) is 0 Å². The second kappa shape index (κ2) is 7.95. The monoisotopic (exact) mass is 466 g/mol. The number of nitrogens with two attached hydrogens (primary N) is 1. The summed E-state index contributed by atoms with van der Waals surface area (Å²) in [6.45, 7) is 5.19. The second-order valence-electron chi connectivity index (χ2n) is 10.3. The minimum Gasteiger partial charge on any atom is -0.350 e. The van der Waals surface area contributed by atoms with E-state index in [9.17, 15) is 9.59 Å². The first-order valence-corrected chi connectivity index (χ1v) is 12.4. The van der Waals surface area contributed by atoms with Gasteiger partial charge >= 0.3 is 0 Å². The van der Waals surface area contributed by atoms with E-state index in [4.69, 9.17) is 5.73 Å². The maximum absolute atomic E-state index is 13.4. The number of nitrogens with one attached hydrogen (secondary N) is 1. The molecule has 4 heterocycles. The summed E-state index contributed by atoms with van der Waals surface area (Å²) in [6, 6.07) is 16.3. The molecule has 0 fully saturated rings. The van der Waals surface area contributed by atoms with Crippen LogP contribution in [-0.2, 0) is 29.6 Å². The normalized spacial score (nSPS) is 19.2. The average molecular weight is 467 g/mol. The Morgan fingerprint density at radius 1 is 0.943 bits per heavy atom. The summed E-state index contributed by atoms with van der Waals surface area (Å²) in [5, 5.41) is 4.58. The summed E-state index contributed by atoms with van der Waals surface area (Å²) in [6.07, 6.45) is 3.75. The summed E-state index contributed by atoms with van der Waals surface area (Å²) in [5.74, 6) is 0.0394. The molecule has 0 spiro atoms. The number of imide groups is 1. The van der Waals surface area contributed by atoms with Crippen LogP contribution in [0.1, 0.15) is 37.1 Å². The van der Waals surface area contributed by atoms with Gasteiger partial charge in [0.15, 0.2) is 0 Å². The van der Waals surface area contributed by atoms with Crippen molar-refractivity contribution in [3.05, 3.63) is 71.5 Å². The number of carbonyl (C=O) groups is 2. The molecular weight excluding hydrogens is 436 g/mol. The lowest BCUT2D eigenvalue weighted by Gasteiger charge is -2.32. The summed E-state index contributed by atoms with van der Waals surface area (Å²) in [7, 11) is 1.97. The van der Waals surface area contributed by atoms with Gasteiger partial charge in [0.25, 0.3) is 11.8 Å². The molecule has 0 saturated carbocycles. The number of nitrogens with zero attached hydrogens (tertiary/aromatic N) is 2. The Kier molecular flexibility index (Phi) is 4.97. The Morgan fingerprint density at radius 2 is 1.60 bits per heavy atom. The van der Waals surface area contributed by atoms with Gasteiger partial charge in [-0.2, -0.15) is 0 Å². The molecule has 0 saturated heterocycles. The Labute approximate surface area is 204 Å². The SMILES string of the molecule is CC(C)[C@@H](N)[C@H]1CCn2c(c(C3=C(c4cn(C)c5ccccc45)C(=O)NC3=O)c3ccccc32)C1. The number of hydrogen-bond acceptors (Lipinski definition) is 3. The Bertz CT molecular complexity index is 1550. The zero-order chi connectivity index (χ0) is 24.4. The van der Waals surface area contributed by atoms with Crippen LogP contribution in [0.4, 0.5) is 0 Å². The van der Waals surface area contributed by atoms with Crippen molar-refractivity contribution in [1.29, 1.82) is 0 Å². The fourth-order valence-corrected chi connectivity index (χ4v) is 6.11. The van der Waals surface area contributed by atoms with Gasteiger partial charge in [0.05, 0.1) is 11.1 Å². The van der Waals surface area contributed by atoms with Crippen molar-refractivity contribution in [2.45, 2.75) is 39.3 Å². The smallest absolute Gasteiger partial charge is 0.259 e. The van der Waals surface area contributed by atoms with Gasteiger partial charge in [0.2, 0.25) is 0 Å². The van der Waals surface area contributed by atoms with E-state index in [1.54, 1.807) is 0 Å². The Hall–Kier alpha value is -3.64. The summed E-state index contributed by atoms with van der Waals surface area (Å²) in [4.78, 5) is 26.7. The number of hydrogen-bond donors (Lipinski definition) is 2. The van der Waals surface area contributed by atoms with Crippen LogP contribution in [0.2, 0.25) is 0 Å². The van der Waals surface area contributed by atoms with E-state index in [2.05, 4.69) is 35.9 Å². The van der Waals surface area contributed by atoms with E-state index in [1.807, 2.05) is 54.2 Å². The van der Waals surface area contributed by atoms with Crippen LogP contribution in [0.3, 0.4) is 0 Å². The van der Waals surface area contributed by atoms with E-state index in [0.717, 1.165) is 58.0 Å². The molecule has 2 amide bonds.